The van der Waals surface area contributed by atoms with Crippen LogP contribution in [-0.4, -0.2) is 47.2 Å². The summed E-state index contributed by atoms with van der Waals surface area (Å²) >= 11 is 0. The molecule has 3 rings (SSSR count). The fourth-order valence-corrected chi connectivity index (χ4v) is 3.34. The molecule has 0 unspecified atom stereocenters. The van der Waals surface area contributed by atoms with Crippen LogP contribution < -0.4 is 11.1 Å². The van der Waals surface area contributed by atoms with Crippen molar-refractivity contribution in [3.8, 4) is 0 Å². The first-order chi connectivity index (χ1) is 9.70. The van der Waals surface area contributed by atoms with Gasteiger partial charge in [0, 0.05) is 13.1 Å². The van der Waals surface area contributed by atoms with E-state index in [4.69, 9.17) is 5.73 Å². The molecule has 0 aromatic carbocycles. The lowest BCUT2D eigenvalue weighted by Gasteiger charge is -2.44. The molecule has 3 N–H and O–H groups in total. The molecular formula is C14H21N5O. The lowest BCUT2D eigenvalue weighted by molar-refractivity contribution is 0.0496. The lowest BCUT2D eigenvalue weighted by atomic mass is 9.71. The Bertz CT molecular complexity index is 488. The van der Waals surface area contributed by atoms with Crippen LogP contribution >= 0.6 is 0 Å². The molecule has 2 aliphatic rings. The van der Waals surface area contributed by atoms with Crippen LogP contribution in [0.5, 0.6) is 0 Å². The fraction of sp³-hybridized carbons (Fsp3) is 0.643. The number of amides is 1. The molecule has 1 amide bonds. The van der Waals surface area contributed by atoms with Crippen LogP contribution in [0.2, 0.25) is 0 Å². The van der Waals surface area contributed by atoms with E-state index in [-0.39, 0.29) is 11.7 Å². The number of anilines is 1. The summed E-state index contributed by atoms with van der Waals surface area (Å²) in [5, 5.41) is 10.8. The van der Waals surface area contributed by atoms with Gasteiger partial charge in [-0.25, -0.2) is 0 Å². The number of hydrogen-bond acceptors (Lipinski definition) is 5. The molecule has 0 radical (unpaired) electrons. The zero-order valence-electron chi connectivity index (χ0n) is 11.6. The quantitative estimate of drug-likeness (QED) is 0.786. The Morgan fingerprint density at radius 1 is 1.25 bits per heavy atom. The number of nitrogens with two attached hydrogens (primary N) is 1. The Morgan fingerprint density at radius 2 is 1.95 bits per heavy atom. The summed E-state index contributed by atoms with van der Waals surface area (Å²) in [5.74, 6) is 0.209. The summed E-state index contributed by atoms with van der Waals surface area (Å²) < 4.78 is 0. The Hall–Kier alpha value is -1.69. The van der Waals surface area contributed by atoms with Gasteiger partial charge in [-0.15, -0.1) is 5.10 Å². The van der Waals surface area contributed by atoms with Crippen LogP contribution in [0.1, 0.15) is 36.0 Å². The number of hydrogen-bond donors (Lipinski definition) is 2. The molecule has 2 aliphatic heterocycles. The molecule has 1 aromatic heterocycles. The number of nitrogens with one attached hydrogen (secondary N) is 1. The molecule has 108 valence electrons. The number of carbonyl (C=O) groups excluding carboxylic acids is 1. The summed E-state index contributed by atoms with van der Waals surface area (Å²) in [7, 11) is 0. The van der Waals surface area contributed by atoms with Gasteiger partial charge in [0.15, 0.2) is 5.82 Å². The zero-order chi connectivity index (χ0) is 14.0. The van der Waals surface area contributed by atoms with Crippen molar-refractivity contribution in [2.75, 3.05) is 31.9 Å². The molecule has 20 heavy (non-hydrogen) atoms. The third-order valence-corrected chi connectivity index (χ3v) is 4.76. The Labute approximate surface area is 118 Å². The van der Waals surface area contributed by atoms with Crippen LogP contribution in [0.15, 0.2) is 12.3 Å². The van der Waals surface area contributed by atoms with Gasteiger partial charge in [-0.1, -0.05) is 0 Å². The van der Waals surface area contributed by atoms with Crippen molar-refractivity contribution in [1.29, 1.82) is 0 Å². The van der Waals surface area contributed by atoms with E-state index >= 15 is 0 Å². The normalized spacial score (nSPS) is 21.9. The molecule has 6 heteroatoms. The number of aromatic nitrogens is 2. The smallest absolute Gasteiger partial charge is 0.257 e. The number of nitrogen functional groups attached to an aromatic ring is 1. The maximum atomic E-state index is 12.5. The number of piperidine rings is 2. The second-order valence-corrected chi connectivity index (χ2v) is 5.87. The second kappa shape index (κ2) is 5.36. The van der Waals surface area contributed by atoms with E-state index in [9.17, 15) is 4.79 Å². The van der Waals surface area contributed by atoms with Crippen molar-refractivity contribution in [2.45, 2.75) is 25.7 Å². The molecule has 3 heterocycles. The van der Waals surface area contributed by atoms with Gasteiger partial charge in [-0.05, 0) is 50.3 Å². The van der Waals surface area contributed by atoms with E-state index in [0.29, 0.717) is 11.0 Å². The highest BCUT2D eigenvalue weighted by atomic mass is 16.2. The number of likely N-dealkylation sites (tertiary alicyclic amines) is 1. The van der Waals surface area contributed by atoms with E-state index in [2.05, 4.69) is 15.5 Å². The topological polar surface area (TPSA) is 84.1 Å². The Kier molecular flexibility index (Phi) is 3.56. The van der Waals surface area contributed by atoms with Gasteiger partial charge in [0.25, 0.3) is 5.91 Å². The number of carbonyl (C=O) groups is 1. The van der Waals surface area contributed by atoms with Gasteiger partial charge in [-0.2, -0.15) is 5.10 Å². The van der Waals surface area contributed by atoms with Crippen LogP contribution in [0.25, 0.3) is 0 Å². The third kappa shape index (κ3) is 2.47. The average Bonchev–Trinajstić information content (AvgIpc) is 2.49. The Morgan fingerprint density at radius 3 is 2.60 bits per heavy atom. The largest absolute Gasteiger partial charge is 0.382 e. The standard InChI is InChI=1S/C14H21N5O/c15-12-11(1-6-17-18-12)13(20)19-9-4-14(5-10-19)2-7-16-8-3-14/h1,6,16H,2-5,7-10H2,(H2,15,18). The predicted octanol–water partition coefficient (Wildman–Crippen LogP) is 0.665. The molecule has 1 aromatic rings. The first-order valence-corrected chi connectivity index (χ1v) is 7.27. The highest BCUT2D eigenvalue weighted by molar-refractivity contribution is 5.98. The minimum Gasteiger partial charge on any atom is -0.382 e. The van der Waals surface area contributed by atoms with Crippen molar-refractivity contribution in [2.24, 2.45) is 5.41 Å². The minimum absolute atomic E-state index is 0.0128. The summed E-state index contributed by atoms with van der Waals surface area (Å²) in [5.41, 5.74) is 6.66. The zero-order valence-corrected chi connectivity index (χ0v) is 11.6. The molecule has 0 aliphatic carbocycles. The van der Waals surface area contributed by atoms with Gasteiger partial charge in [0.05, 0.1) is 11.8 Å². The van der Waals surface area contributed by atoms with Gasteiger partial charge in [0.1, 0.15) is 0 Å². The first kappa shape index (κ1) is 13.3. The van der Waals surface area contributed by atoms with Crippen LogP contribution in [-0.2, 0) is 0 Å². The molecule has 2 saturated heterocycles. The van der Waals surface area contributed by atoms with Crippen molar-refractivity contribution < 1.29 is 4.79 Å². The highest BCUT2D eigenvalue weighted by Crippen LogP contribution is 2.39. The van der Waals surface area contributed by atoms with Crippen molar-refractivity contribution in [3.05, 3.63) is 17.8 Å². The van der Waals surface area contributed by atoms with Crippen LogP contribution in [0, 0.1) is 5.41 Å². The molecule has 0 saturated carbocycles. The maximum Gasteiger partial charge on any atom is 0.257 e. The average molecular weight is 275 g/mol. The highest BCUT2D eigenvalue weighted by Gasteiger charge is 2.37. The maximum absolute atomic E-state index is 12.5. The van der Waals surface area contributed by atoms with Gasteiger partial charge in [-0.3, -0.25) is 4.79 Å². The molecule has 6 nitrogen and oxygen atoms in total. The molecule has 2 fully saturated rings. The summed E-state index contributed by atoms with van der Waals surface area (Å²) in [6.07, 6.45) is 6.17. The molecule has 1 spiro atoms. The number of rotatable bonds is 1. The van der Waals surface area contributed by atoms with Crippen molar-refractivity contribution in [3.63, 3.8) is 0 Å². The SMILES string of the molecule is Nc1nnccc1C(=O)N1CCC2(CCNCC2)CC1. The molecule has 0 atom stereocenters. The summed E-state index contributed by atoms with van der Waals surface area (Å²) in [6, 6.07) is 1.65. The van der Waals surface area contributed by atoms with Gasteiger partial charge < -0.3 is 16.0 Å². The van der Waals surface area contributed by atoms with Crippen molar-refractivity contribution in [1.82, 2.24) is 20.4 Å². The summed E-state index contributed by atoms with van der Waals surface area (Å²) in [6.45, 7) is 3.85. The minimum atomic E-state index is -0.0128. The van der Waals surface area contributed by atoms with Gasteiger partial charge in [0.2, 0.25) is 0 Å². The third-order valence-electron chi connectivity index (χ3n) is 4.76. The van der Waals surface area contributed by atoms with E-state index in [1.165, 1.54) is 19.0 Å². The summed E-state index contributed by atoms with van der Waals surface area (Å²) in [4.78, 5) is 14.4. The second-order valence-electron chi connectivity index (χ2n) is 5.87. The number of nitrogens with zero attached hydrogens (tertiary/aromatic N) is 3. The predicted molar refractivity (Wildman–Crippen MR) is 76.1 cm³/mol. The van der Waals surface area contributed by atoms with Gasteiger partial charge >= 0.3 is 0 Å². The molecular weight excluding hydrogens is 254 g/mol. The van der Waals surface area contributed by atoms with Crippen LogP contribution in [0.3, 0.4) is 0 Å². The van der Waals surface area contributed by atoms with E-state index < -0.39 is 0 Å². The lowest BCUT2D eigenvalue weighted by Crippen LogP contribution is -2.47. The van der Waals surface area contributed by atoms with E-state index in [0.717, 1.165) is 39.0 Å². The van der Waals surface area contributed by atoms with E-state index in [1.54, 1.807) is 6.07 Å². The van der Waals surface area contributed by atoms with Crippen LogP contribution in [0.4, 0.5) is 5.82 Å². The fourth-order valence-electron chi connectivity index (χ4n) is 3.34. The Balaban J connectivity index is 1.66. The monoisotopic (exact) mass is 275 g/mol. The first-order valence-electron chi connectivity index (χ1n) is 7.27. The van der Waals surface area contributed by atoms with Crippen molar-refractivity contribution >= 4 is 11.7 Å². The van der Waals surface area contributed by atoms with E-state index in [1.807, 2.05) is 4.90 Å². The molecule has 0 bridgehead atoms.